The van der Waals surface area contributed by atoms with Crippen molar-refractivity contribution in [2.24, 2.45) is 0 Å². The number of rotatable bonds is 3. The Hall–Kier alpha value is -2.10. The fraction of sp³-hybridized carbons (Fsp3) is 0.231. The molecule has 0 atom stereocenters. The van der Waals surface area contributed by atoms with Crippen LogP contribution < -0.4 is 10.3 Å². The molecule has 0 bridgehead atoms. The lowest BCUT2D eigenvalue weighted by atomic mass is 10.2. The second-order valence-corrected chi connectivity index (χ2v) is 3.80. The largest absolute Gasteiger partial charge is 0.439 e. The van der Waals surface area contributed by atoms with Gasteiger partial charge in [-0.15, -0.1) is 0 Å². The minimum absolute atomic E-state index is 0.195. The summed E-state index contributed by atoms with van der Waals surface area (Å²) in [6.45, 7) is 3.91. The molecule has 0 saturated heterocycles. The molecule has 1 N–H and O–H groups in total. The van der Waals surface area contributed by atoms with E-state index in [0.29, 0.717) is 23.9 Å². The van der Waals surface area contributed by atoms with E-state index in [1.807, 2.05) is 38.1 Å². The molecule has 2 rings (SSSR count). The summed E-state index contributed by atoms with van der Waals surface area (Å²) in [5.41, 5.74) is 0.905. The first-order valence-corrected chi connectivity index (χ1v) is 5.52. The van der Waals surface area contributed by atoms with Gasteiger partial charge in [0.25, 0.3) is 5.56 Å². The number of nitrogens with zero attached hydrogens (tertiary/aromatic N) is 1. The van der Waals surface area contributed by atoms with Gasteiger partial charge in [0.05, 0.1) is 6.07 Å². The number of H-pyrrole nitrogens is 1. The van der Waals surface area contributed by atoms with Gasteiger partial charge in [0.2, 0.25) is 5.88 Å². The third-order valence-electron chi connectivity index (χ3n) is 2.31. The fourth-order valence-electron chi connectivity index (χ4n) is 1.50. The van der Waals surface area contributed by atoms with E-state index in [9.17, 15) is 4.79 Å². The number of benzene rings is 1. The van der Waals surface area contributed by atoms with Gasteiger partial charge in [-0.3, -0.25) is 4.79 Å². The van der Waals surface area contributed by atoms with Crippen molar-refractivity contribution in [2.45, 2.75) is 20.3 Å². The lowest BCUT2D eigenvalue weighted by Gasteiger charge is -2.06. The molecular formula is C13H14N2O2. The van der Waals surface area contributed by atoms with Crippen LogP contribution in [-0.2, 0) is 6.42 Å². The first-order chi connectivity index (χ1) is 8.17. The van der Waals surface area contributed by atoms with E-state index in [0.717, 1.165) is 5.56 Å². The zero-order chi connectivity index (χ0) is 12.3. The molecule has 1 aromatic carbocycles. The topological polar surface area (TPSA) is 55.0 Å². The summed E-state index contributed by atoms with van der Waals surface area (Å²) < 4.78 is 5.55. The maximum atomic E-state index is 11.4. The van der Waals surface area contributed by atoms with Crippen LogP contribution >= 0.6 is 0 Å². The smallest absolute Gasteiger partial charge is 0.254 e. The third kappa shape index (κ3) is 2.93. The van der Waals surface area contributed by atoms with E-state index in [1.165, 1.54) is 6.07 Å². The SMILES string of the molecule is CCc1nc(Oc2cccc(C)c2)cc(=O)[nH]1. The highest BCUT2D eigenvalue weighted by Crippen LogP contribution is 2.18. The number of aromatic nitrogens is 2. The summed E-state index contributed by atoms with van der Waals surface area (Å²) in [5.74, 6) is 1.64. The summed E-state index contributed by atoms with van der Waals surface area (Å²) in [6, 6.07) is 8.96. The first-order valence-electron chi connectivity index (χ1n) is 5.52. The molecule has 1 heterocycles. The Balaban J connectivity index is 2.29. The predicted molar refractivity (Wildman–Crippen MR) is 65.5 cm³/mol. The van der Waals surface area contributed by atoms with Crippen LogP contribution in [0.1, 0.15) is 18.3 Å². The van der Waals surface area contributed by atoms with Gasteiger partial charge in [-0.25, -0.2) is 0 Å². The van der Waals surface area contributed by atoms with Crippen LogP contribution in [0.25, 0.3) is 0 Å². The Morgan fingerprint density at radius 3 is 2.88 bits per heavy atom. The molecular weight excluding hydrogens is 216 g/mol. The summed E-state index contributed by atoms with van der Waals surface area (Å²) in [4.78, 5) is 18.2. The van der Waals surface area contributed by atoms with Gasteiger partial charge in [-0.2, -0.15) is 4.98 Å². The number of aromatic amines is 1. The van der Waals surface area contributed by atoms with Gasteiger partial charge in [-0.1, -0.05) is 19.1 Å². The molecule has 0 amide bonds. The van der Waals surface area contributed by atoms with Gasteiger partial charge in [0, 0.05) is 6.42 Å². The van der Waals surface area contributed by atoms with E-state index < -0.39 is 0 Å². The maximum absolute atomic E-state index is 11.4. The zero-order valence-electron chi connectivity index (χ0n) is 9.86. The van der Waals surface area contributed by atoms with Crippen molar-refractivity contribution in [1.29, 1.82) is 0 Å². The normalized spacial score (nSPS) is 10.2. The van der Waals surface area contributed by atoms with Crippen LogP contribution in [0.15, 0.2) is 35.1 Å². The molecule has 4 heteroatoms. The second-order valence-electron chi connectivity index (χ2n) is 3.80. The van der Waals surface area contributed by atoms with E-state index in [2.05, 4.69) is 9.97 Å². The molecule has 2 aromatic rings. The van der Waals surface area contributed by atoms with Crippen LogP contribution in [0.4, 0.5) is 0 Å². The van der Waals surface area contributed by atoms with Crippen molar-refractivity contribution in [3.63, 3.8) is 0 Å². The van der Waals surface area contributed by atoms with Crippen molar-refractivity contribution in [2.75, 3.05) is 0 Å². The lowest BCUT2D eigenvalue weighted by molar-refractivity contribution is 0.457. The van der Waals surface area contributed by atoms with Crippen molar-refractivity contribution < 1.29 is 4.74 Å². The minimum atomic E-state index is -0.195. The molecule has 0 aliphatic carbocycles. The zero-order valence-corrected chi connectivity index (χ0v) is 9.86. The van der Waals surface area contributed by atoms with Gasteiger partial charge in [0.15, 0.2) is 0 Å². The quantitative estimate of drug-likeness (QED) is 0.881. The van der Waals surface area contributed by atoms with Gasteiger partial charge in [-0.05, 0) is 24.6 Å². The molecule has 1 aromatic heterocycles. The Bertz CT molecular complexity index is 576. The molecule has 88 valence electrons. The van der Waals surface area contributed by atoms with Gasteiger partial charge < -0.3 is 9.72 Å². The highest BCUT2D eigenvalue weighted by molar-refractivity contribution is 5.30. The molecule has 0 saturated carbocycles. The highest BCUT2D eigenvalue weighted by atomic mass is 16.5. The van der Waals surface area contributed by atoms with E-state index in [4.69, 9.17) is 4.74 Å². The van der Waals surface area contributed by atoms with Crippen LogP contribution in [0.5, 0.6) is 11.6 Å². The van der Waals surface area contributed by atoms with Crippen molar-refractivity contribution in [3.8, 4) is 11.6 Å². The van der Waals surface area contributed by atoms with E-state index in [-0.39, 0.29) is 5.56 Å². The van der Waals surface area contributed by atoms with Crippen molar-refractivity contribution in [1.82, 2.24) is 9.97 Å². The minimum Gasteiger partial charge on any atom is -0.439 e. The molecule has 0 fully saturated rings. The van der Waals surface area contributed by atoms with E-state index in [1.54, 1.807) is 0 Å². The summed E-state index contributed by atoms with van der Waals surface area (Å²) >= 11 is 0. The lowest BCUT2D eigenvalue weighted by Crippen LogP contribution is -2.10. The number of nitrogens with one attached hydrogen (secondary N) is 1. The number of aryl methyl sites for hydroxylation is 2. The van der Waals surface area contributed by atoms with Crippen LogP contribution in [0.2, 0.25) is 0 Å². The Morgan fingerprint density at radius 1 is 1.35 bits per heavy atom. The molecule has 0 unspecified atom stereocenters. The molecule has 0 radical (unpaired) electrons. The van der Waals surface area contributed by atoms with Gasteiger partial charge in [0.1, 0.15) is 11.6 Å². The Morgan fingerprint density at radius 2 is 2.18 bits per heavy atom. The standard InChI is InChI=1S/C13H14N2O2/c1-3-11-14-12(16)8-13(15-11)17-10-6-4-5-9(2)7-10/h4-8H,3H2,1-2H3,(H,14,15,16). The van der Waals surface area contributed by atoms with Crippen molar-refractivity contribution in [3.05, 3.63) is 52.1 Å². The number of ether oxygens (including phenoxy) is 1. The Labute approximate surface area is 99.3 Å². The first kappa shape index (κ1) is 11.4. The fourth-order valence-corrected chi connectivity index (χ4v) is 1.50. The number of hydrogen-bond acceptors (Lipinski definition) is 3. The molecule has 0 aliphatic heterocycles. The van der Waals surface area contributed by atoms with Crippen LogP contribution in [-0.4, -0.2) is 9.97 Å². The average molecular weight is 230 g/mol. The molecule has 0 spiro atoms. The van der Waals surface area contributed by atoms with Crippen LogP contribution in [0.3, 0.4) is 0 Å². The second kappa shape index (κ2) is 4.82. The molecule has 4 nitrogen and oxygen atoms in total. The van der Waals surface area contributed by atoms with Gasteiger partial charge >= 0.3 is 0 Å². The molecule has 17 heavy (non-hydrogen) atoms. The monoisotopic (exact) mass is 230 g/mol. The van der Waals surface area contributed by atoms with Crippen molar-refractivity contribution >= 4 is 0 Å². The highest BCUT2D eigenvalue weighted by Gasteiger charge is 2.02. The van der Waals surface area contributed by atoms with Crippen LogP contribution in [0, 0.1) is 6.92 Å². The summed E-state index contributed by atoms with van der Waals surface area (Å²) in [7, 11) is 0. The maximum Gasteiger partial charge on any atom is 0.254 e. The third-order valence-corrected chi connectivity index (χ3v) is 2.31. The number of hydrogen-bond donors (Lipinski definition) is 1. The average Bonchev–Trinajstić information content (AvgIpc) is 2.28. The predicted octanol–water partition coefficient (Wildman–Crippen LogP) is 2.43. The van der Waals surface area contributed by atoms with E-state index >= 15 is 0 Å². The summed E-state index contributed by atoms with van der Waals surface area (Å²) in [5, 5.41) is 0. The molecule has 0 aliphatic rings. The Kier molecular flexibility index (Phi) is 3.23. The summed E-state index contributed by atoms with van der Waals surface area (Å²) in [6.07, 6.45) is 0.667.